The standard InChI is InChI=1S/C23H27N5OS/c1-4-14-28-21(17-8-6-5-7-9-17)25-26-23(28)30-16-20-15-24-22(29-20)18-10-12-19(13-11-18)27(2)3/h4-13,20,22,24H,1,14-16H2,2-3H3/p+1/t20-,22-/m1/s1. The summed E-state index contributed by atoms with van der Waals surface area (Å²) >= 11 is 1.69. The van der Waals surface area contributed by atoms with Gasteiger partial charge in [-0.15, -0.1) is 16.8 Å². The third-order valence-corrected chi connectivity index (χ3v) is 6.25. The van der Waals surface area contributed by atoms with E-state index in [2.05, 4.69) is 82.1 Å². The van der Waals surface area contributed by atoms with Gasteiger partial charge in [-0.3, -0.25) is 4.57 Å². The fourth-order valence-corrected chi connectivity index (χ4v) is 4.50. The second-order valence-corrected chi connectivity index (χ2v) is 8.51. The van der Waals surface area contributed by atoms with Crippen LogP contribution in [0.2, 0.25) is 0 Å². The van der Waals surface area contributed by atoms with Crippen molar-refractivity contribution < 1.29 is 10.1 Å². The molecule has 1 aromatic heterocycles. The van der Waals surface area contributed by atoms with E-state index in [4.69, 9.17) is 4.74 Å². The van der Waals surface area contributed by atoms with Crippen molar-refractivity contribution in [3.63, 3.8) is 0 Å². The maximum absolute atomic E-state index is 6.29. The van der Waals surface area contributed by atoms with Crippen molar-refractivity contribution in [3.05, 3.63) is 72.8 Å². The highest BCUT2D eigenvalue weighted by molar-refractivity contribution is 7.99. The SMILES string of the molecule is C=CCn1c(SC[C@H]2C[NH2+][C@@H](c3ccc(N(C)C)cc3)O2)nnc1-c1ccccc1. The number of hydrogen-bond acceptors (Lipinski definition) is 5. The van der Waals surface area contributed by atoms with E-state index in [1.54, 1.807) is 11.8 Å². The second-order valence-electron chi connectivity index (χ2n) is 7.52. The third kappa shape index (κ3) is 4.59. The summed E-state index contributed by atoms with van der Waals surface area (Å²) in [4.78, 5) is 2.10. The number of aromatic nitrogens is 3. The monoisotopic (exact) mass is 422 g/mol. The van der Waals surface area contributed by atoms with Crippen LogP contribution in [0, 0.1) is 0 Å². The zero-order valence-electron chi connectivity index (χ0n) is 17.4. The van der Waals surface area contributed by atoms with Gasteiger partial charge in [-0.2, -0.15) is 0 Å². The quantitative estimate of drug-likeness (QED) is 0.447. The molecule has 1 fully saturated rings. The number of rotatable bonds is 8. The topological polar surface area (TPSA) is 59.8 Å². The maximum atomic E-state index is 6.29. The Morgan fingerprint density at radius 3 is 2.63 bits per heavy atom. The van der Waals surface area contributed by atoms with E-state index in [0.717, 1.165) is 28.8 Å². The van der Waals surface area contributed by atoms with Crippen LogP contribution in [-0.4, -0.2) is 47.3 Å². The predicted octanol–water partition coefficient (Wildman–Crippen LogP) is 2.95. The van der Waals surface area contributed by atoms with Crippen LogP contribution in [0.3, 0.4) is 0 Å². The molecule has 0 radical (unpaired) electrons. The molecule has 1 saturated heterocycles. The Morgan fingerprint density at radius 1 is 1.17 bits per heavy atom. The van der Waals surface area contributed by atoms with Gasteiger partial charge >= 0.3 is 0 Å². The molecule has 3 aromatic rings. The highest BCUT2D eigenvalue weighted by Gasteiger charge is 2.30. The minimum atomic E-state index is 0.0535. The average Bonchev–Trinajstić information content (AvgIpc) is 3.40. The summed E-state index contributed by atoms with van der Waals surface area (Å²) in [7, 11) is 4.10. The minimum absolute atomic E-state index is 0.0535. The highest BCUT2D eigenvalue weighted by Crippen LogP contribution is 2.26. The number of ether oxygens (including phenoxy) is 1. The molecular weight excluding hydrogens is 394 g/mol. The lowest BCUT2D eigenvalue weighted by molar-refractivity contribution is -0.697. The smallest absolute Gasteiger partial charge is 0.217 e. The van der Waals surface area contributed by atoms with Crippen LogP contribution in [-0.2, 0) is 11.3 Å². The number of nitrogens with zero attached hydrogens (tertiary/aromatic N) is 4. The number of quaternary nitrogens is 1. The first-order valence-electron chi connectivity index (χ1n) is 10.1. The molecular formula is C23H28N5OS+. The summed E-state index contributed by atoms with van der Waals surface area (Å²) in [6.07, 6.45) is 2.10. The predicted molar refractivity (Wildman–Crippen MR) is 122 cm³/mol. The molecule has 7 heteroatoms. The van der Waals surface area contributed by atoms with Gasteiger partial charge in [0.05, 0.1) is 0 Å². The van der Waals surface area contributed by atoms with Gasteiger partial charge in [0.1, 0.15) is 12.6 Å². The zero-order valence-corrected chi connectivity index (χ0v) is 18.3. The van der Waals surface area contributed by atoms with Crippen molar-refractivity contribution in [1.29, 1.82) is 0 Å². The number of thioether (sulfide) groups is 1. The van der Waals surface area contributed by atoms with Crippen LogP contribution >= 0.6 is 11.8 Å². The normalized spacial score (nSPS) is 18.5. The Morgan fingerprint density at radius 2 is 1.93 bits per heavy atom. The molecule has 1 aliphatic rings. The summed E-state index contributed by atoms with van der Waals surface area (Å²) in [6, 6.07) is 18.7. The second kappa shape index (κ2) is 9.47. The van der Waals surface area contributed by atoms with E-state index in [1.807, 2.05) is 24.3 Å². The lowest BCUT2D eigenvalue weighted by Crippen LogP contribution is -2.82. The first kappa shape index (κ1) is 20.7. The largest absolute Gasteiger partial charge is 0.378 e. The molecule has 156 valence electrons. The third-order valence-electron chi connectivity index (χ3n) is 5.15. The molecule has 0 spiro atoms. The van der Waals surface area contributed by atoms with Crippen molar-refractivity contribution in [2.75, 3.05) is 31.3 Å². The van der Waals surface area contributed by atoms with Gasteiger partial charge in [0.15, 0.2) is 11.0 Å². The molecule has 2 N–H and O–H groups in total. The van der Waals surface area contributed by atoms with E-state index >= 15 is 0 Å². The molecule has 0 amide bonds. The van der Waals surface area contributed by atoms with E-state index < -0.39 is 0 Å². The number of allylic oxidation sites excluding steroid dienone is 1. The Hall–Kier alpha value is -2.61. The molecule has 2 heterocycles. The molecule has 1 aliphatic heterocycles. The fraction of sp³-hybridized carbons (Fsp3) is 0.304. The molecule has 0 aliphatic carbocycles. The van der Waals surface area contributed by atoms with Gasteiger partial charge in [0, 0.05) is 43.2 Å². The molecule has 0 bridgehead atoms. The fourth-order valence-electron chi connectivity index (χ4n) is 3.54. The van der Waals surface area contributed by atoms with Crippen LogP contribution in [0.4, 0.5) is 5.69 Å². The highest BCUT2D eigenvalue weighted by atomic mass is 32.2. The van der Waals surface area contributed by atoms with Crippen LogP contribution in [0.5, 0.6) is 0 Å². The maximum Gasteiger partial charge on any atom is 0.217 e. The first-order chi connectivity index (χ1) is 14.7. The lowest BCUT2D eigenvalue weighted by atomic mass is 10.2. The van der Waals surface area contributed by atoms with E-state index in [9.17, 15) is 0 Å². The van der Waals surface area contributed by atoms with Gasteiger partial charge in [0.2, 0.25) is 6.23 Å². The summed E-state index contributed by atoms with van der Waals surface area (Å²) < 4.78 is 8.41. The Kier molecular flexibility index (Phi) is 6.52. The zero-order chi connectivity index (χ0) is 20.9. The van der Waals surface area contributed by atoms with Gasteiger partial charge in [-0.1, -0.05) is 48.2 Å². The van der Waals surface area contributed by atoms with Gasteiger partial charge in [-0.25, -0.2) is 0 Å². The van der Waals surface area contributed by atoms with Gasteiger partial charge < -0.3 is 15.0 Å². The first-order valence-corrected chi connectivity index (χ1v) is 11.1. The summed E-state index contributed by atoms with van der Waals surface area (Å²) in [5.41, 5.74) is 3.46. The van der Waals surface area contributed by atoms with Crippen molar-refractivity contribution in [2.45, 2.75) is 24.0 Å². The van der Waals surface area contributed by atoms with Crippen LogP contribution in [0.25, 0.3) is 11.4 Å². The summed E-state index contributed by atoms with van der Waals surface area (Å²) in [5.74, 6) is 1.71. The lowest BCUT2D eigenvalue weighted by Gasteiger charge is -2.14. The van der Waals surface area contributed by atoms with Gasteiger partial charge in [-0.05, 0) is 24.3 Å². The molecule has 0 unspecified atom stereocenters. The van der Waals surface area contributed by atoms with Crippen molar-refractivity contribution >= 4 is 17.4 Å². The molecule has 4 rings (SSSR count). The summed E-state index contributed by atoms with van der Waals surface area (Å²) in [6.45, 7) is 5.51. The summed E-state index contributed by atoms with van der Waals surface area (Å²) in [5, 5.41) is 12.0. The molecule has 2 atom stereocenters. The Bertz CT molecular complexity index is 971. The van der Waals surface area contributed by atoms with E-state index in [0.29, 0.717) is 6.54 Å². The van der Waals surface area contributed by atoms with Crippen LogP contribution in [0.1, 0.15) is 11.8 Å². The molecule has 30 heavy (non-hydrogen) atoms. The molecule has 2 aromatic carbocycles. The van der Waals surface area contributed by atoms with Crippen molar-refractivity contribution in [2.24, 2.45) is 0 Å². The van der Waals surface area contributed by atoms with Gasteiger partial charge in [0.25, 0.3) is 0 Å². The molecule has 0 saturated carbocycles. The van der Waals surface area contributed by atoms with Crippen molar-refractivity contribution in [3.8, 4) is 11.4 Å². The average molecular weight is 423 g/mol. The Balaban J connectivity index is 1.39. The number of hydrogen-bond donors (Lipinski definition) is 1. The number of anilines is 1. The Labute approximate surface area is 182 Å². The number of benzene rings is 2. The number of nitrogens with two attached hydrogens (primary N) is 1. The van der Waals surface area contributed by atoms with E-state index in [-0.39, 0.29) is 12.3 Å². The van der Waals surface area contributed by atoms with Crippen molar-refractivity contribution in [1.82, 2.24) is 14.8 Å². The molecule has 6 nitrogen and oxygen atoms in total. The van der Waals surface area contributed by atoms with E-state index in [1.165, 1.54) is 11.3 Å². The minimum Gasteiger partial charge on any atom is -0.378 e. The van der Waals surface area contributed by atoms with Crippen LogP contribution in [0.15, 0.2) is 72.4 Å². The van der Waals surface area contributed by atoms with Crippen LogP contribution < -0.4 is 10.2 Å².